The van der Waals surface area contributed by atoms with Gasteiger partial charge in [-0.05, 0) is 42.5 Å². The molecule has 3 rings (SSSR count). The van der Waals surface area contributed by atoms with Gasteiger partial charge in [0.05, 0.1) is 15.9 Å². The first kappa shape index (κ1) is 16.6. The molecule has 124 valence electrons. The fourth-order valence-electron chi connectivity index (χ4n) is 3.66. The molecule has 0 radical (unpaired) electrons. The molecule has 1 aliphatic rings. The molecule has 5 heteroatoms. The maximum atomic E-state index is 11.4. The average molecular weight is 340 g/mol. The first-order chi connectivity index (χ1) is 11.6. The van der Waals surface area contributed by atoms with Crippen LogP contribution in [0.3, 0.4) is 0 Å². The number of nitrogens with zero attached hydrogens (tertiary/aromatic N) is 1. The standard InChI is InChI=1S/C19H20N2O2S/c1-20-18(24)19(9-5-4-7-14(19)11-17(22)23)15-10-13-6-2-3-8-16(13)21-12-15/h2-3,6,8,10-12H,4-5,7,9H2,1H3,(H,20,24)(H,22,23)/b14-11-. The highest BCUT2D eigenvalue weighted by atomic mass is 32.1. The molecule has 1 aromatic heterocycles. The van der Waals surface area contributed by atoms with Crippen LogP contribution in [0.2, 0.25) is 0 Å². The molecule has 0 spiro atoms. The Bertz CT molecular complexity index is 831. The molecule has 1 saturated carbocycles. The van der Waals surface area contributed by atoms with Gasteiger partial charge in [0.25, 0.3) is 0 Å². The summed E-state index contributed by atoms with van der Waals surface area (Å²) in [5.41, 5.74) is 2.16. The van der Waals surface area contributed by atoms with E-state index in [0.717, 1.165) is 47.7 Å². The predicted molar refractivity (Wildman–Crippen MR) is 99.3 cm³/mol. The van der Waals surface area contributed by atoms with Crippen LogP contribution in [0.25, 0.3) is 10.9 Å². The molecule has 0 bridgehead atoms. The van der Waals surface area contributed by atoms with Gasteiger partial charge in [0, 0.05) is 24.7 Å². The maximum absolute atomic E-state index is 11.4. The van der Waals surface area contributed by atoms with Crippen molar-refractivity contribution in [3.05, 3.63) is 53.7 Å². The number of hydrogen-bond donors (Lipinski definition) is 2. The van der Waals surface area contributed by atoms with Crippen molar-refractivity contribution in [1.29, 1.82) is 0 Å². The van der Waals surface area contributed by atoms with Crippen LogP contribution in [-0.2, 0) is 10.2 Å². The van der Waals surface area contributed by atoms with E-state index in [0.29, 0.717) is 4.99 Å². The Morgan fingerprint density at radius 1 is 1.38 bits per heavy atom. The highest BCUT2D eigenvalue weighted by Gasteiger charge is 2.42. The van der Waals surface area contributed by atoms with E-state index in [1.165, 1.54) is 6.08 Å². The third kappa shape index (κ3) is 2.80. The van der Waals surface area contributed by atoms with E-state index in [9.17, 15) is 9.90 Å². The minimum absolute atomic E-state index is 0.586. The zero-order chi connectivity index (χ0) is 17.2. The number of nitrogens with one attached hydrogen (secondary N) is 1. The fraction of sp³-hybridized carbons (Fsp3) is 0.316. The van der Waals surface area contributed by atoms with Crippen LogP contribution >= 0.6 is 12.2 Å². The molecule has 1 aliphatic carbocycles. The lowest BCUT2D eigenvalue weighted by Crippen LogP contribution is -2.45. The summed E-state index contributed by atoms with van der Waals surface area (Å²) < 4.78 is 0. The minimum Gasteiger partial charge on any atom is -0.478 e. The number of carbonyl (C=O) groups is 1. The van der Waals surface area contributed by atoms with E-state index in [1.807, 2.05) is 30.5 Å². The lowest BCUT2D eigenvalue weighted by Gasteiger charge is -2.40. The van der Waals surface area contributed by atoms with Crippen molar-refractivity contribution in [2.75, 3.05) is 7.05 Å². The van der Waals surface area contributed by atoms with Crippen molar-refractivity contribution in [2.24, 2.45) is 0 Å². The molecule has 0 amide bonds. The van der Waals surface area contributed by atoms with Gasteiger partial charge in [-0.3, -0.25) is 4.98 Å². The Labute approximate surface area is 146 Å². The number of thiocarbonyl (C=S) groups is 1. The average Bonchev–Trinajstić information content (AvgIpc) is 2.60. The van der Waals surface area contributed by atoms with E-state index >= 15 is 0 Å². The van der Waals surface area contributed by atoms with Gasteiger partial charge < -0.3 is 10.4 Å². The zero-order valence-electron chi connectivity index (χ0n) is 13.6. The van der Waals surface area contributed by atoms with Crippen molar-refractivity contribution >= 4 is 34.1 Å². The number of carboxylic acids is 1. The number of rotatable bonds is 3. The molecule has 0 aliphatic heterocycles. The van der Waals surface area contributed by atoms with Crippen LogP contribution in [0.4, 0.5) is 0 Å². The number of hydrogen-bond acceptors (Lipinski definition) is 3. The molecule has 2 N–H and O–H groups in total. The molecule has 1 atom stereocenters. The topological polar surface area (TPSA) is 62.2 Å². The Morgan fingerprint density at radius 3 is 2.92 bits per heavy atom. The summed E-state index contributed by atoms with van der Waals surface area (Å²) in [7, 11) is 1.80. The van der Waals surface area contributed by atoms with Crippen molar-refractivity contribution in [1.82, 2.24) is 10.3 Å². The second-order valence-electron chi connectivity index (χ2n) is 6.12. The van der Waals surface area contributed by atoms with Crippen LogP contribution in [0.5, 0.6) is 0 Å². The first-order valence-electron chi connectivity index (χ1n) is 8.09. The molecule has 2 aromatic rings. The zero-order valence-corrected chi connectivity index (χ0v) is 14.4. The molecule has 1 aromatic carbocycles. The van der Waals surface area contributed by atoms with Crippen molar-refractivity contribution < 1.29 is 9.90 Å². The van der Waals surface area contributed by atoms with Gasteiger partial charge in [0.15, 0.2) is 0 Å². The fourth-order valence-corrected chi connectivity index (χ4v) is 4.01. The third-order valence-electron chi connectivity index (χ3n) is 4.79. The number of para-hydroxylation sites is 1. The molecular formula is C19H20N2O2S. The van der Waals surface area contributed by atoms with E-state index in [-0.39, 0.29) is 0 Å². The van der Waals surface area contributed by atoms with E-state index < -0.39 is 11.4 Å². The van der Waals surface area contributed by atoms with E-state index in [1.54, 1.807) is 7.05 Å². The van der Waals surface area contributed by atoms with Crippen LogP contribution in [0, 0.1) is 0 Å². The summed E-state index contributed by atoms with van der Waals surface area (Å²) in [5, 5.41) is 13.4. The second kappa shape index (κ2) is 6.69. The number of likely N-dealkylation sites (N-methyl/N-ethyl adjacent to an activating group) is 1. The van der Waals surface area contributed by atoms with Gasteiger partial charge in [-0.1, -0.05) is 36.8 Å². The third-order valence-corrected chi connectivity index (χ3v) is 5.34. The Kier molecular flexibility index (Phi) is 4.62. The van der Waals surface area contributed by atoms with Crippen molar-refractivity contribution in [3.63, 3.8) is 0 Å². The number of carboxylic acid groups (broad SMARTS) is 1. The molecule has 1 unspecified atom stereocenters. The molecule has 24 heavy (non-hydrogen) atoms. The first-order valence-corrected chi connectivity index (χ1v) is 8.50. The van der Waals surface area contributed by atoms with E-state index in [2.05, 4.69) is 16.4 Å². The summed E-state index contributed by atoms with van der Waals surface area (Å²) in [5.74, 6) is -0.927. The number of fused-ring (bicyclic) bond motifs is 1. The summed E-state index contributed by atoms with van der Waals surface area (Å²) in [6.07, 6.45) is 6.69. The minimum atomic E-state index is -0.927. The highest BCUT2D eigenvalue weighted by Crippen LogP contribution is 2.44. The van der Waals surface area contributed by atoms with Crippen molar-refractivity contribution in [2.45, 2.75) is 31.1 Å². The monoisotopic (exact) mass is 340 g/mol. The summed E-state index contributed by atoms with van der Waals surface area (Å²) in [6.45, 7) is 0. The Morgan fingerprint density at radius 2 is 2.17 bits per heavy atom. The maximum Gasteiger partial charge on any atom is 0.328 e. The van der Waals surface area contributed by atoms with Crippen molar-refractivity contribution in [3.8, 4) is 0 Å². The SMILES string of the molecule is CNC(=S)C1(c2cnc3ccccc3c2)CCCC/C1=C/C(=O)O. The molecule has 1 fully saturated rings. The Hall–Kier alpha value is -2.27. The van der Waals surface area contributed by atoms with E-state index in [4.69, 9.17) is 12.2 Å². The van der Waals surface area contributed by atoms with Crippen LogP contribution < -0.4 is 5.32 Å². The lowest BCUT2D eigenvalue weighted by molar-refractivity contribution is -0.131. The summed E-state index contributed by atoms with van der Waals surface area (Å²) >= 11 is 5.65. The van der Waals surface area contributed by atoms with Crippen LogP contribution in [0.1, 0.15) is 31.2 Å². The second-order valence-corrected chi connectivity index (χ2v) is 6.52. The molecule has 1 heterocycles. The Balaban J connectivity index is 2.23. The largest absolute Gasteiger partial charge is 0.478 e. The number of benzene rings is 1. The lowest BCUT2D eigenvalue weighted by atomic mass is 9.66. The van der Waals surface area contributed by atoms with Gasteiger partial charge in [0.2, 0.25) is 0 Å². The highest BCUT2D eigenvalue weighted by molar-refractivity contribution is 7.80. The van der Waals surface area contributed by atoms with Gasteiger partial charge in [-0.25, -0.2) is 4.79 Å². The summed E-state index contributed by atoms with van der Waals surface area (Å²) in [4.78, 5) is 16.6. The number of aromatic nitrogens is 1. The normalized spacial score (nSPS) is 22.5. The number of pyridine rings is 1. The number of aliphatic carboxylic acids is 1. The quantitative estimate of drug-likeness (QED) is 0.660. The van der Waals surface area contributed by atoms with Crippen LogP contribution in [-0.4, -0.2) is 28.1 Å². The van der Waals surface area contributed by atoms with Gasteiger partial charge in [-0.15, -0.1) is 0 Å². The van der Waals surface area contributed by atoms with Gasteiger partial charge >= 0.3 is 5.97 Å². The molecular weight excluding hydrogens is 320 g/mol. The summed E-state index contributed by atoms with van der Waals surface area (Å²) in [6, 6.07) is 10.0. The van der Waals surface area contributed by atoms with Gasteiger partial charge in [0.1, 0.15) is 0 Å². The van der Waals surface area contributed by atoms with Crippen LogP contribution in [0.15, 0.2) is 48.2 Å². The molecule has 0 saturated heterocycles. The smallest absolute Gasteiger partial charge is 0.328 e. The predicted octanol–water partition coefficient (Wildman–Crippen LogP) is 3.60. The van der Waals surface area contributed by atoms with Gasteiger partial charge in [-0.2, -0.15) is 0 Å². The molecule has 4 nitrogen and oxygen atoms in total.